The standard InChI is InChI=1S/C26H24BrNO5/c1-16-7-5-9-18(13-16)26(30)28-19-10-6-8-17(14-19)21(29)12-11-20-22(31-2)15-23(32-3)24(27)25(20)33-4/h5-15H,1-4H3,(H,28,30)/b12-11+. The van der Waals surface area contributed by atoms with Gasteiger partial charge in [-0.1, -0.05) is 29.8 Å². The third kappa shape index (κ3) is 5.62. The van der Waals surface area contributed by atoms with Crippen molar-refractivity contribution in [2.45, 2.75) is 6.92 Å². The van der Waals surface area contributed by atoms with E-state index in [0.717, 1.165) is 5.56 Å². The number of allylic oxidation sites excluding steroid dienone is 1. The summed E-state index contributed by atoms with van der Waals surface area (Å²) in [5.74, 6) is 1.04. The van der Waals surface area contributed by atoms with E-state index in [-0.39, 0.29) is 11.7 Å². The normalized spacial score (nSPS) is 10.7. The SMILES string of the molecule is COc1cc(OC)c(/C=C/C(=O)c2cccc(NC(=O)c3cccc(C)c3)c2)c(OC)c1Br. The van der Waals surface area contributed by atoms with Gasteiger partial charge >= 0.3 is 0 Å². The lowest BCUT2D eigenvalue weighted by molar-refractivity contribution is 0.102. The first kappa shape index (κ1) is 24.1. The molecule has 7 heteroatoms. The van der Waals surface area contributed by atoms with Crippen molar-refractivity contribution < 1.29 is 23.8 Å². The second kappa shape index (κ2) is 10.8. The van der Waals surface area contributed by atoms with Crippen molar-refractivity contribution in [3.05, 3.63) is 87.4 Å². The van der Waals surface area contributed by atoms with Crippen LogP contribution in [0.4, 0.5) is 5.69 Å². The van der Waals surface area contributed by atoms with Crippen molar-refractivity contribution >= 4 is 39.4 Å². The Bertz CT molecular complexity index is 1220. The Kier molecular flexibility index (Phi) is 7.90. The number of benzene rings is 3. The fourth-order valence-corrected chi connectivity index (χ4v) is 3.92. The largest absolute Gasteiger partial charge is 0.496 e. The minimum atomic E-state index is -0.239. The molecular weight excluding hydrogens is 486 g/mol. The molecule has 0 aliphatic rings. The first-order valence-electron chi connectivity index (χ1n) is 10.1. The van der Waals surface area contributed by atoms with E-state index in [9.17, 15) is 9.59 Å². The average Bonchev–Trinajstić information content (AvgIpc) is 2.82. The molecule has 6 nitrogen and oxygen atoms in total. The molecule has 0 saturated heterocycles. The summed E-state index contributed by atoms with van der Waals surface area (Å²) in [7, 11) is 4.60. The number of rotatable bonds is 8. The number of hydrogen-bond donors (Lipinski definition) is 1. The molecule has 170 valence electrons. The van der Waals surface area contributed by atoms with Gasteiger partial charge in [0.05, 0.1) is 26.9 Å². The maximum atomic E-state index is 12.9. The molecule has 3 rings (SSSR count). The summed E-state index contributed by atoms with van der Waals surface area (Å²) in [5, 5.41) is 2.84. The van der Waals surface area contributed by atoms with Gasteiger partial charge in [-0.25, -0.2) is 0 Å². The van der Waals surface area contributed by atoms with E-state index in [1.807, 2.05) is 19.1 Å². The quantitative estimate of drug-likeness (QED) is 0.300. The molecule has 1 amide bonds. The van der Waals surface area contributed by atoms with E-state index in [0.29, 0.717) is 44.1 Å². The van der Waals surface area contributed by atoms with Gasteiger partial charge in [0.25, 0.3) is 5.91 Å². The van der Waals surface area contributed by atoms with Crippen molar-refractivity contribution in [1.29, 1.82) is 0 Å². The van der Waals surface area contributed by atoms with Gasteiger partial charge in [0.2, 0.25) is 0 Å². The molecule has 0 spiro atoms. The molecule has 0 aliphatic heterocycles. The molecule has 0 fully saturated rings. The average molecular weight is 510 g/mol. The Balaban J connectivity index is 1.84. The van der Waals surface area contributed by atoms with Crippen LogP contribution in [0.3, 0.4) is 0 Å². The molecular formula is C26H24BrNO5. The molecule has 0 unspecified atom stereocenters. The highest BCUT2D eigenvalue weighted by atomic mass is 79.9. The van der Waals surface area contributed by atoms with Gasteiger partial charge < -0.3 is 19.5 Å². The topological polar surface area (TPSA) is 73.9 Å². The van der Waals surface area contributed by atoms with E-state index in [1.54, 1.807) is 55.7 Å². The fourth-order valence-electron chi connectivity index (χ4n) is 3.27. The highest BCUT2D eigenvalue weighted by molar-refractivity contribution is 9.10. The molecule has 33 heavy (non-hydrogen) atoms. The Morgan fingerprint density at radius 3 is 2.24 bits per heavy atom. The van der Waals surface area contributed by atoms with Gasteiger partial charge in [-0.05, 0) is 59.3 Å². The van der Waals surface area contributed by atoms with Crippen LogP contribution in [-0.2, 0) is 0 Å². The predicted molar refractivity (Wildman–Crippen MR) is 133 cm³/mol. The molecule has 1 N–H and O–H groups in total. The highest BCUT2D eigenvalue weighted by Crippen LogP contribution is 2.43. The fraction of sp³-hybridized carbons (Fsp3) is 0.154. The lowest BCUT2D eigenvalue weighted by Gasteiger charge is -2.15. The van der Waals surface area contributed by atoms with Gasteiger partial charge in [-0.15, -0.1) is 0 Å². The highest BCUT2D eigenvalue weighted by Gasteiger charge is 2.17. The van der Waals surface area contributed by atoms with Crippen molar-refractivity contribution in [2.24, 2.45) is 0 Å². The van der Waals surface area contributed by atoms with Crippen LogP contribution in [0.25, 0.3) is 6.08 Å². The molecule has 0 atom stereocenters. The minimum absolute atomic E-state index is 0.238. The molecule has 0 aliphatic carbocycles. The molecule has 0 aromatic heterocycles. The number of hydrogen-bond acceptors (Lipinski definition) is 5. The maximum Gasteiger partial charge on any atom is 0.255 e. The second-order valence-corrected chi connectivity index (χ2v) is 7.94. The number of ketones is 1. The lowest BCUT2D eigenvalue weighted by Crippen LogP contribution is -2.12. The summed E-state index contributed by atoms with van der Waals surface area (Å²) in [6, 6.07) is 15.8. The second-order valence-electron chi connectivity index (χ2n) is 7.14. The Labute approximate surface area is 201 Å². The Morgan fingerprint density at radius 2 is 1.58 bits per heavy atom. The zero-order chi connectivity index (χ0) is 24.0. The number of methoxy groups -OCH3 is 3. The smallest absolute Gasteiger partial charge is 0.255 e. The molecule has 0 radical (unpaired) electrons. The number of nitrogens with one attached hydrogen (secondary N) is 1. The Hall–Kier alpha value is -3.58. The van der Waals surface area contributed by atoms with Crippen LogP contribution in [0.1, 0.15) is 31.8 Å². The van der Waals surface area contributed by atoms with Crippen LogP contribution in [0.2, 0.25) is 0 Å². The first-order chi connectivity index (χ1) is 15.9. The molecule has 3 aromatic carbocycles. The monoisotopic (exact) mass is 509 g/mol. The summed E-state index contributed by atoms with van der Waals surface area (Å²) >= 11 is 3.46. The maximum absolute atomic E-state index is 12.9. The third-order valence-corrected chi connectivity index (χ3v) is 5.67. The van der Waals surface area contributed by atoms with Crippen LogP contribution in [0, 0.1) is 6.92 Å². The van der Waals surface area contributed by atoms with E-state index >= 15 is 0 Å². The summed E-state index contributed by atoms with van der Waals surface area (Å²) in [4.78, 5) is 25.4. The van der Waals surface area contributed by atoms with E-state index in [4.69, 9.17) is 14.2 Å². The molecule has 0 saturated carbocycles. The van der Waals surface area contributed by atoms with Gasteiger partial charge in [0, 0.05) is 22.9 Å². The van der Waals surface area contributed by atoms with Crippen molar-refractivity contribution in [2.75, 3.05) is 26.6 Å². The van der Waals surface area contributed by atoms with E-state index in [1.165, 1.54) is 20.3 Å². The van der Waals surface area contributed by atoms with Crippen molar-refractivity contribution in [1.82, 2.24) is 0 Å². The number of aryl methyl sites for hydroxylation is 1. The zero-order valence-corrected chi connectivity index (χ0v) is 20.4. The minimum Gasteiger partial charge on any atom is -0.496 e. The number of ether oxygens (including phenoxy) is 3. The number of carbonyl (C=O) groups is 2. The van der Waals surface area contributed by atoms with Gasteiger partial charge in [-0.3, -0.25) is 9.59 Å². The number of carbonyl (C=O) groups excluding carboxylic acids is 2. The predicted octanol–water partition coefficient (Wildman–Crippen LogP) is 5.93. The first-order valence-corrected chi connectivity index (χ1v) is 10.9. The number of anilines is 1. The lowest BCUT2D eigenvalue weighted by atomic mass is 10.1. The van der Waals surface area contributed by atoms with Crippen molar-refractivity contribution in [3.8, 4) is 17.2 Å². The van der Waals surface area contributed by atoms with Crippen LogP contribution in [-0.4, -0.2) is 33.0 Å². The van der Waals surface area contributed by atoms with Crippen LogP contribution in [0.5, 0.6) is 17.2 Å². The van der Waals surface area contributed by atoms with Crippen LogP contribution in [0.15, 0.2) is 65.1 Å². The van der Waals surface area contributed by atoms with Gasteiger partial charge in [-0.2, -0.15) is 0 Å². The number of amides is 1. The van der Waals surface area contributed by atoms with Gasteiger partial charge in [0.15, 0.2) is 5.78 Å². The molecule has 3 aromatic rings. The van der Waals surface area contributed by atoms with Crippen molar-refractivity contribution in [3.63, 3.8) is 0 Å². The third-order valence-electron chi connectivity index (χ3n) is 4.92. The zero-order valence-electron chi connectivity index (χ0n) is 18.8. The summed E-state index contributed by atoms with van der Waals surface area (Å²) in [5.41, 5.74) is 3.09. The van der Waals surface area contributed by atoms with E-state index in [2.05, 4.69) is 21.2 Å². The van der Waals surface area contributed by atoms with Gasteiger partial charge in [0.1, 0.15) is 21.7 Å². The Morgan fingerprint density at radius 1 is 0.879 bits per heavy atom. The molecule has 0 heterocycles. The molecule has 0 bridgehead atoms. The summed E-state index contributed by atoms with van der Waals surface area (Å²) in [6.07, 6.45) is 3.06. The summed E-state index contributed by atoms with van der Waals surface area (Å²) < 4.78 is 16.9. The van der Waals surface area contributed by atoms with Crippen LogP contribution >= 0.6 is 15.9 Å². The number of halogens is 1. The van der Waals surface area contributed by atoms with Crippen LogP contribution < -0.4 is 19.5 Å². The van der Waals surface area contributed by atoms with E-state index < -0.39 is 0 Å². The summed E-state index contributed by atoms with van der Waals surface area (Å²) in [6.45, 7) is 1.92.